The van der Waals surface area contributed by atoms with Crippen LogP contribution in [-0.4, -0.2) is 52.8 Å². The second-order valence-electron chi connectivity index (χ2n) is 6.55. The van der Waals surface area contributed by atoms with Gasteiger partial charge in [0.2, 0.25) is 5.91 Å². The third-order valence-electron chi connectivity index (χ3n) is 4.71. The van der Waals surface area contributed by atoms with Crippen LogP contribution >= 0.6 is 0 Å². The van der Waals surface area contributed by atoms with E-state index < -0.39 is 0 Å². The van der Waals surface area contributed by atoms with E-state index in [0.29, 0.717) is 43.7 Å². The minimum Gasteiger partial charge on any atom is -0.339 e. The van der Waals surface area contributed by atoms with Crippen molar-refractivity contribution < 1.29 is 14.0 Å². The molecule has 1 aliphatic rings. The molecule has 0 saturated carbocycles. The van der Waals surface area contributed by atoms with Crippen LogP contribution in [0.1, 0.15) is 22.8 Å². The highest BCUT2D eigenvalue weighted by atomic mass is 19.1. The highest BCUT2D eigenvalue weighted by Gasteiger charge is 2.27. The fourth-order valence-electron chi connectivity index (χ4n) is 3.20. The van der Waals surface area contributed by atoms with E-state index in [9.17, 15) is 14.0 Å². The number of amides is 2. The molecular formula is C20H22FN3O2. The van der Waals surface area contributed by atoms with Crippen molar-refractivity contribution in [3.8, 4) is 0 Å². The van der Waals surface area contributed by atoms with Gasteiger partial charge >= 0.3 is 0 Å². The zero-order valence-electron chi connectivity index (χ0n) is 14.8. The molecule has 2 amide bonds. The van der Waals surface area contributed by atoms with Gasteiger partial charge in [-0.3, -0.25) is 14.6 Å². The summed E-state index contributed by atoms with van der Waals surface area (Å²) in [5.41, 5.74) is 1.16. The lowest BCUT2D eigenvalue weighted by molar-refractivity contribution is -0.136. The summed E-state index contributed by atoms with van der Waals surface area (Å²) >= 11 is 0. The Labute approximate surface area is 152 Å². The molecule has 1 atom stereocenters. The number of benzene rings is 1. The first kappa shape index (κ1) is 18.0. The molecule has 1 aliphatic heterocycles. The number of carbonyl (C=O) groups excluding carboxylic acids is 2. The van der Waals surface area contributed by atoms with E-state index in [-0.39, 0.29) is 23.5 Å². The Balaban J connectivity index is 1.55. The van der Waals surface area contributed by atoms with Crippen molar-refractivity contribution in [3.63, 3.8) is 0 Å². The Bertz CT molecular complexity index is 774. The van der Waals surface area contributed by atoms with Crippen LogP contribution in [0.25, 0.3) is 0 Å². The van der Waals surface area contributed by atoms with Crippen LogP contribution in [0, 0.1) is 11.7 Å². The third-order valence-corrected chi connectivity index (χ3v) is 4.71. The molecule has 1 aromatic heterocycles. The van der Waals surface area contributed by atoms with Gasteiger partial charge in [0.05, 0.1) is 0 Å². The number of hydrogen-bond acceptors (Lipinski definition) is 3. The fourth-order valence-corrected chi connectivity index (χ4v) is 3.20. The van der Waals surface area contributed by atoms with Gasteiger partial charge in [-0.1, -0.05) is 25.1 Å². The van der Waals surface area contributed by atoms with E-state index in [1.54, 1.807) is 52.5 Å². The van der Waals surface area contributed by atoms with Gasteiger partial charge in [0.25, 0.3) is 5.91 Å². The Kier molecular flexibility index (Phi) is 5.61. The molecule has 2 aromatic rings. The number of nitrogens with zero attached hydrogens (tertiary/aromatic N) is 3. The zero-order valence-corrected chi connectivity index (χ0v) is 14.8. The number of carbonyl (C=O) groups is 2. The summed E-state index contributed by atoms with van der Waals surface area (Å²) in [6, 6.07) is 9.93. The van der Waals surface area contributed by atoms with Gasteiger partial charge in [0.15, 0.2) is 0 Å². The maximum absolute atomic E-state index is 13.8. The molecule has 0 radical (unpaired) electrons. The second kappa shape index (κ2) is 8.08. The van der Waals surface area contributed by atoms with Crippen LogP contribution in [0.2, 0.25) is 0 Å². The van der Waals surface area contributed by atoms with E-state index in [1.165, 1.54) is 6.07 Å². The van der Waals surface area contributed by atoms with Gasteiger partial charge in [-0.25, -0.2) is 4.39 Å². The number of piperazine rings is 1. The van der Waals surface area contributed by atoms with Gasteiger partial charge in [-0.2, -0.15) is 0 Å². The largest absolute Gasteiger partial charge is 0.339 e. The Morgan fingerprint density at radius 1 is 1.04 bits per heavy atom. The predicted octanol–water partition coefficient (Wildman–Crippen LogP) is 2.38. The maximum Gasteiger partial charge on any atom is 0.254 e. The van der Waals surface area contributed by atoms with Crippen LogP contribution in [0.15, 0.2) is 48.8 Å². The summed E-state index contributed by atoms with van der Waals surface area (Å²) < 4.78 is 13.8. The second-order valence-corrected chi connectivity index (χ2v) is 6.55. The van der Waals surface area contributed by atoms with Crippen LogP contribution in [0.4, 0.5) is 4.39 Å². The maximum atomic E-state index is 13.8. The highest BCUT2D eigenvalue weighted by molar-refractivity contribution is 5.94. The van der Waals surface area contributed by atoms with Gasteiger partial charge in [0, 0.05) is 50.1 Å². The van der Waals surface area contributed by atoms with Crippen molar-refractivity contribution in [1.82, 2.24) is 14.8 Å². The van der Waals surface area contributed by atoms with Gasteiger partial charge in [-0.15, -0.1) is 0 Å². The molecule has 26 heavy (non-hydrogen) atoms. The van der Waals surface area contributed by atoms with Crippen LogP contribution in [-0.2, 0) is 11.2 Å². The summed E-state index contributed by atoms with van der Waals surface area (Å²) in [4.78, 5) is 32.5. The van der Waals surface area contributed by atoms with E-state index in [4.69, 9.17) is 0 Å². The first-order valence-electron chi connectivity index (χ1n) is 8.77. The van der Waals surface area contributed by atoms with Crippen LogP contribution in [0.3, 0.4) is 0 Å². The number of rotatable bonds is 4. The van der Waals surface area contributed by atoms with Gasteiger partial charge in [-0.05, 0) is 30.2 Å². The molecule has 5 nitrogen and oxygen atoms in total. The zero-order chi connectivity index (χ0) is 18.5. The summed E-state index contributed by atoms with van der Waals surface area (Å²) in [6.07, 6.45) is 3.57. The molecule has 0 N–H and O–H groups in total. The Morgan fingerprint density at radius 3 is 2.31 bits per heavy atom. The van der Waals surface area contributed by atoms with Gasteiger partial charge in [0.1, 0.15) is 5.82 Å². The van der Waals surface area contributed by atoms with E-state index in [2.05, 4.69) is 4.98 Å². The Morgan fingerprint density at radius 2 is 1.65 bits per heavy atom. The first-order valence-corrected chi connectivity index (χ1v) is 8.77. The molecule has 3 rings (SSSR count). The predicted molar refractivity (Wildman–Crippen MR) is 96.0 cm³/mol. The molecule has 1 unspecified atom stereocenters. The lowest BCUT2D eigenvalue weighted by Gasteiger charge is -2.36. The molecule has 6 heteroatoms. The number of halogens is 1. The molecule has 136 valence electrons. The SMILES string of the molecule is CC(Cc1ccccc1F)C(=O)N1CCN(C(=O)c2ccncc2)CC1. The normalized spacial score (nSPS) is 15.6. The van der Waals surface area contributed by atoms with Gasteiger partial charge < -0.3 is 9.80 Å². The first-order chi connectivity index (χ1) is 12.6. The Hall–Kier alpha value is -2.76. The topological polar surface area (TPSA) is 53.5 Å². The standard InChI is InChI=1S/C20H22FN3O2/c1-15(14-17-4-2-3-5-18(17)21)19(25)23-10-12-24(13-11-23)20(26)16-6-8-22-9-7-16/h2-9,15H,10-14H2,1H3. The average molecular weight is 355 g/mol. The number of hydrogen-bond donors (Lipinski definition) is 0. The van der Waals surface area contributed by atoms with E-state index in [1.807, 2.05) is 6.92 Å². The number of pyridine rings is 1. The van der Waals surface area contributed by atoms with E-state index in [0.717, 1.165) is 0 Å². The van der Waals surface area contributed by atoms with Crippen molar-refractivity contribution in [2.45, 2.75) is 13.3 Å². The summed E-state index contributed by atoms with van der Waals surface area (Å²) in [6.45, 7) is 3.82. The quantitative estimate of drug-likeness (QED) is 0.846. The average Bonchev–Trinajstić information content (AvgIpc) is 2.69. The molecule has 1 aromatic carbocycles. The molecule has 0 bridgehead atoms. The fraction of sp³-hybridized carbons (Fsp3) is 0.350. The summed E-state index contributed by atoms with van der Waals surface area (Å²) in [7, 11) is 0. The lowest BCUT2D eigenvalue weighted by Crippen LogP contribution is -2.51. The third kappa shape index (κ3) is 4.07. The monoisotopic (exact) mass is 355 g/mol. The molecule has 2 heterocycles. The highest BCUT2D eigenvalue weighted by Crippen LogP contribution is 2.16. The molecule has 1 fully saturated rings. The molecule has 0 spiro atoms. The van der Waals surface area contributed by atoms with Crippen molar-refractivity contribution in [3.05, 3.63) is 65.7 Å². The molecule has 1 saturated heterocycles. The lowest BCUT2D eigenvalue weighted by atomic mass is 9.99. The van der Waals surface area contributed by atoms with Crippen molar-refractivity contribution in [1.29, 1.82) is 0 Å². The van der Waals surface area contributed by atoms with Crippen LogP contribution < -0.4 is 0 Å². The minimum absolute atomic E-state index is 0.00395. The summed E-state index contributed by atoms with van der Waals surface area (Å²) in [5.74, 6) is -0.613. The summed E-state index contributed by atoms with van der Waals surface area (Å²) in [5, 5.41) is 0. The van der Waals surface area contributed by atoms with Crippen molar-refractivity contribution >= 4 is 11.8 Å². The number of aromatic nitrogens is 1. The smallest absolute Gasteiger partial charge is 0.254 e. The molecular weight excluding hydrogens is 333 g/mol. The van der Waals surface area contributed by atoms with Crippen molar-refractivity contribution in [2.75, 3.05) is 26.2 Å². The molecule has 0 aliphatic carbocycles. The minimum atomic E-state index is -0.297. The van der Waals surface area contributed by atoms with E-state index >= 15 is 0 Å². The van der Waals surface area contributed by atoms with Crippen LogP contribution in [0.5, 0.6) is 0 Å². The van der Waals surface area contributed by atoms with Crippen molar-refractivity contribution in [2.24, 2.45) is 5.92 Å².